The van der Waals surface area contributed by atoms with Crippen molar-refractivity contribution in [3.05, 3.63) is 10.3 Å². The van der Waals surface area contributed by atoms with Gasteiger partial charge in [0, 0.05) is 13.7 Å². The van der Waals surface area contributed by atoms with Crippen LogP contribution in [0.3, 0.4) is 0 Å². The Bertz CT molecular complexity index is 405. The number of rotatable bonds is 4. The Morgan fingerprint density at radius 2 is 2.18 bits per heavy atom. The Kier molecular flexibility index (Phi) is 3.63. The first kappa shape index (κ1) is 12.7. The second-order valence-corrected chi connectivity index (χ2v) is 5.07. The SMILES string of the molecule is CCOC1(C(=O)c2c(Br)nnn2C)CCCC1. The smallest absolute Gasteiger partial charge is 0.215 e. The quantitative estimate of drug-likeness (QED) is 0.799. The average Bonchev–Trinajstić information content (AvgIpc) is 2.88. The number of hydrogen-bond donors (Lipinski definition) is 0. The Balaban J connectivity index is 2.35. The molecule has 0 saturated heterocycles. The normalized spacial score (nSPS) is 18.5. The third kappa shape index (κ3) is 2.15. The van der Waals surface area contributed by atoms with Crippen molar-refractivity contribution in [2.75, 3.05) is 6.61 Å². The summed E-state index contributed by atoms with van der Waals surface area (Å²) < 4.78 is 7.75. The summed E-state index contributed by atoms with van der Waals surface area (Å²) in [6.07, 6.45) is 3.65. The lowest BCUT2D eigenvalue weighted by Gasteiger charge is -2.27. The molecule has 1 aromatic heterocycles. The van der Waals surface area contributed by atoms with Crippen molar-refractivity contribution in [1.29, 1.82) is 0 Å². The van der Waals surface area contributed by atoms with Gasteiger partial charge in [0.2, 0.25) is 5.78 Å². The fraction of sp³-hybridized carbons (Fsp3) is 0.727. The van der Waals surface area contributed by atoms with Crippen LogP contribution in [0.4, 0.5) is 0 Å². The van der Waals surface area contributed by atoms with E-state index in [0.29, 0.717) is 16.9 Å². The highest BCUT2D eigenvalue weighted by molar-refractivity contribution is 9.10. The van der Waals surface area contributed by atoms with Gasteiger partial charge in [-0.3, -0.25) is 4.79 Å². The Labute approximate surface area is 109 Å². The minimum Gasteiger partial charge on any atom is -0.367 e. The maximum atomic E-state index is 12.6. The molecule has 1 aliphatic rings. The molecule has 5 nitrogen and oxygen atoms in total. The topological polar surface area (TPSA) is 57.0 Å². The summed E-state index contributed by atoms with van der Waals surface area (Å²) in [4.78, 5) is 12.6. The van der Waals surface area contributed by atoms with E-state index in [9.17, 15) is 4.79 Å². The van der Waals surface area contributed by atoms with Gasteiger partial charge in [-0.1, -0.05) is 5.21 Å². The number of aromatic nitrogens is 3. The second-order valence-electron chi connectivity index (χ2n) is 4.32. The zero-order chi connectivity index (χ0) is 12.5. The Morgan fingerprint density at radius 3 is 2.65 bits per heavy atom. The number of ketones is 1. The predicted molar refractivity (Wildman–Crippen MR) is 65.9 cm³/mol. The standard InChI is InChI=1S/C11H16BrN3O2/c1-3-17-11(6-4-5-7-11)9(16)8-10(12)13-14-15(8)2/h3-7H2,1-2H3. The van der Waals surface area contributed by atoms with Crippen LogP contribution in [-0.2, 0) is 11.8 Å². The molecule has 6 heteroatoms. The molecule has 0 aliphatic heterocycles. The van der Waals surface area contributed by atoms with E-state index in [0.717, 1.165) is 25.7 Å². The largest absolute Gasteiger partial charge is 0.367 e. The van der Waals surface area contributed by atoms with Crippen LogP contribution in [0.5, 0.6) is 0 Å². The summed E-state index contributed by atoms with van der Waals surface area (Å²) in [5.41, 5.74) is -0.160. The molecule has 94 valence electrons. The van der Waals surface area contributed by atoms with Gasteiger partial charge in [0.05, 0.1) is 0 Å². The molecule has 0 atom stereocenters. The van der Waals surface area contributed by atoms with Crippen LogP contribution in [0.25, 0.3) is 0 Å². The van der Waals surface area contributed by atoms with E-state index in [4.69, 9.17) is 4.74 Å². The Hall–Kier alpha value is -0.750. The number of Topliss-reactive ketones (excluding diaryl/α,β-unsaturated/α-hetero) is 1. The number of carbonyl (C=O) groups excluding carboxylic acids is 1. The predicted octanol–water partition coefficient (Wildman–Crippen LogP) is 2.11. The average molecular weight is 302 g/mol. The maximum Gasteiger partial charge on any atom is 0.215 e. The lowest BCUT2D eigenvalue weighted by Crippen LogP contribution is -2.40. The van der Waals surface area contributed by atoms with E-state index in [1.807, 2.05) is 6.92 Å². The molecule has 0 bridgehead atoms. The third-order valence-electron chi connectivity index (χ3n) is 3.25. The van der Waals surface area contributed by atoms with Crippen LogP contribution < -0.4 is 0 Å². The first-order valence-electron chi connectivity index (χ1n) is 5.84. The molecule has 0 radical (unpaired) electrons. The van der Waals surface area contributed by atoms with Gasteiger partial charge in [0.25, 0.3) is 0 Å². The second kappa shape index (κ2) is 4.86. The summed E-state index contributed by atoms with van der Waals surface area (Å²) in [6.45, 7) is 2.47. The lowest BCUT2D eigenvalue weighted by molar-refractivity contribution is -0.0170. The minimum atomic E-state index is -0.660. The molecule has 1 aliphatic carbocycles. The summed E-state index contributed by atoms with van der Waals surface area (Å²) >= 11 is 3.27. The Morgan fingerprint density at radius 1 is 1.53 bits per heavy atom. The first-order chi connectivity index (χ1) is 8.10. The zero-order valence-corrected chi connectivity index (χ0v) is 11.7. The highest BCUT2D eigenvalue weighted by atomic mass is 79.9. The molecule has 1 aromatic rings. The number of aryl methyl sites for hydroxylation is 1. The lowest BCUT2D eigenvalue weighted by atomic mass is 9.94. The van der Waals surface area contributed by atoms with Crippen molar-refractivity contribution in [2.45, 2.75) is 38.2 Å². The monoisotopic (exact) mass is 301 g/mol. The van der Waals surface area contributed by atoms with Gasteiger partial charge in [0.15, 0.2) is 4.60 Å². The first-order valence-corrected chi connectivity index (χ1v) is 6.64. The highest BCUT2D eigenvalue weighted by Crippen LogP contribution is 2.37. The summed E-state index contributed by atoms with van der Waals surface area (Å²) in [6, 6.07) is 0. The van der Waals surface area contributed by atoms with Crippen LogP contribution in [0, 0.1) is 0 Å². The molecular weight excluding hydrogens is 286 g/mol. The zero-order valence-electron chi connectivity index (χ0n) is 10.1. The molecule has 0 unspecified atom stereocenters. The minimum absolute atomic E-state index is 0.00350. The summed E-state index contributed by atoms with van der Waals surface area (Å²) in [5.74, 6) is -0.00350. The van der Waals surface area contributed by atoms with E-state index in [-0.39, 0.29) is 5.78 Å². The van der Waals surface area contributed by atoms with Gasteiger partial charge in [-0.15, -0.1) is 5.10 Å². The van der Waals surface area contributed by atoms with E-state index in [1.54, 1.807) is 7.05 Å². The van der Waals surface area contributed by atoms with E-state index in [2.05, 4.69) is 26.2 Å². The van der Waals surface area contributed by atoms with Gasteiger partial charge in [-0.2, -0.15) is 0 Å². The molecule has 0 aromatic carbocycles. The van der Waals surface area contributed by atoms with Gasteiger partial charge in [0.1, 0.15) is 11.3 Å². The van der Waals surface area contributed by atoms with Crippen molar-refractivity contribution >= 4 is 21.7 Å². The molecule has 1 fully saturated rings. The highest BCUT2D eigenvalue weighted by Gasteiger charge is 2.44. The van der Waals surface area contributed by atoms with Crippen molar-refractivity contribution in [3.8, 4) is 0 Å². The van der Waals surface area contributed by atoms with Crippen LogP contribution >= 0.6 is 15.9 Å². The van der Waals surface area contributed by atoms with Crippen molar-refractivity contribution in [2.24, 2.45) is 7.05 Å². The van der Waals surface area contributed by atoms with Gasteiger partial charge < -0.3 is 4.74 Å². The summed E-state index contributed by atoms with van der Waals surface area (Å²) in [5, 5.41) is 7.70. The van der Waals surface area contributed by atoms with E-state index >= 15 is 0 Å². The van der Waals surface area contributed by atoms with Gasteiger partial charge >= 0.3 is 0 Å². The number of carbonyl (C=O) groups is 1. The van der Waals surface area contributed by atoms with E-state index < -0.39 is 5.60 Å². The molecule has 1 heterocycles. The van der Waals surface area contributed by atoms with Crippen LogP contribution in [-0.4, -0.2) is 33.0 Å². The van der Waals surface area contributed by atoms with Gasteiger partial charge in [-0.05, 0) is 48.5 Å². The summed E-state index contributed by atoms with van der Waals surface area (Å²) in [7, 11) is 1.72. The van der Waals surface area contributed by atoms with E-state index in [1.165, 1.54) is 4.68 Å². The van der Waals surface area contributed by atoms with Crippen molar-refractivity contribution < 1.29 is 9.53 Å². The third-order valence-corrected chi connectivity index (χ3v) is 3.78. The van der Waals surface area contributed by atoms with Gasteiger partial charge in [-0.25, -0.2) is 4.68 Å². The maximum absolute atomic E-state index is 12.6. The molecule has 1 saturated carbocycles. The fourth-order valence-electron chi connectivity index (χ4n) is 2.45. The number of ether oxygens (including phenoxy) is 1. The number of hydrogen-bond acceptors (Lipinski definition) is 4. The molecule has 0 N–H and O–H groups in total. The molecule has 17 heavy (non-hydrogen) atoms. The number of nitrogens with zero attached hydrogens (tertiary/aromatic N) is 3. The fourth-order valence-corrected chi connectivity index (χ4v) is 2.96. The van der Waals surface area contributed by atoms with Crippen LogP contribution in [0.2, 0.25) is 0 Å². The number of halogens is 1. The molecule has 0 amide bonds. The molecule has 2 rings (SSSR count). The van der Waals surface area contributed by atoms with Crippen LogP contribution in [0.1, 0.15) is 43.1 Å². The van der Waals surface area contributed by atoms with Crippen molar-refractivity contribution in [3.63, 3.8) is 0 Å². The van der Waals surface area contributed by atoms with Crippen molar-refractivity contribution in [1.82, 2.24) is 15.0 Å². The van der Waals surface area contributed by atoms with Crippen LogP contribution in [0.15, 0.2) is 4.60 Å². The molecular formula is C11H16BrN3O2. The molecule has 0 spiro atoms.